The van der Waals surface area contributed by atoms with E-state index in [0.717, 1.165) is 43.9 Å². The molecule has 2 N–H and O–H groups in total. The summed E-state index contributed by atoms with van der Waals surface area (Å²) in [7, 11) is -4.00. The van der Waals surface area contributed by atoms with E-state index in [1.54, 1.807) is 31.2 Å². The lowest BCUT2D eigenvalue weighted by Crippen LogP contribution is -2.51. The van der Waals surface area contributed by atoms with Crippen molar-refractivity contribution in [3.05, 3.63) is 57.9 Å². The summed E-state index contributed by atoms with van der Waals surface area (Å²) in [6, 6.07) is 10.6. The van der Waals surface area contributed by atoms with E-state index in [2.05, 4.69) is 25.5 Å². The van der Waals surface area contributed by atoms with Gasteiger partial charge >= 0.3 is 0 Å². The van der Waals surface area contributed by atoms with Crippen LogP contribution < -0.4 is 15.8 Å². The van der Waals surface area contributed by atoms with E-state index in [9.17, 15) is 13.2 Å². The van der Waals surface area contributed by atoms with Gasteiger partial charge in [0, 0.05) is 31.9 Å². The molecule has 2 aromatic heterocycles. The molecule has 2 saturated heterocycles. The van der Waals surface area contributed by atoms with Gasteiger partial charge in [-0.2, -0.15) is 4.52 Å². The molecule has 0 bridgehead atoms. The summed E-state index contributed by atoms with van der Waals surface area (Å²) in [5.41, 5.74) is 2.44. The number of aromatic nitrogens is 4. The van der Waals surface area contributed by atoms with Crippen molar-refractivity contribution in [3.63, 3.8) is 0 Å². The molecule has 0 radical (unpaired) electrons. The third kappa shape index (κ3) is 3.53. The Morgan fingerprint density at radius 1 is 1.14 bits per heavy atom. The average molecular weight is 495 g/mol. The van der Waals surface area contributed by atoms with Crippen molar-refractivity contribution >= 4 is 32.1 Å². The van der Waals surface area contributed by atoms with Crippen LogP contribution in [0.15, 0.2) is 51.1 Å². The van der Waals surface area contributed by atoms with Crippen LogP contribution in [0.25, 0.3) is 16.6 Å². The lowest BCUT2D eigenvalue weighted by Gasteiger charge is -2.34. The molecule has 35 heavy (non-hydrogen) atoms. The summed E-state index contributed by atoms with van der Waals surface area (Å²) in [5.74, 6) is 0. The molecule has 2 aliphatic rings. The number of rotatable bonds is 3. The van der Waals surface area contributed by atoms with E-state index in [1.807, 2.05) is 19.1 Å². The smallest absolute Gasteiger partial charge is 0.259 e. The topological polar surface area (TPSA) is 122 Å². The van der Waals surface area contributed by atoms with E-state index >= 15 is 0 Å². The molecule has 0 amide bonds. The highest BCUT2D eigenvalue weighted by atomic mass is 32.2. The van der Waals surface area contributed by atoms with Gasteiger partial charge in [-0.3, -0.25) is 4.79 Å². The molecule has 0 aliphatic carbocycles. The van der Waals surface area contributed by atoms with Crippen LogP contribution in [0, 0.1) is 13.8 Å². The normalized spacial score (nSPS) is 20.9. The zero-order chi connectivity index (χ0) is 24.4. The van der Waals surface area contributed by atoms with Crippen molar-refractivity contribution in [3.8, 4) is 0 Å². The molecule has 6 rings (SSSR count). The Kier molecular flexibility index (Phi) is 4.99. The summed E-state index contributed by atoms with van der Waals surface area (Å²) < 4.78 is 34.4. The number of nitrogens with zero attached hydrogens (tertiary/aromatic N) is 4. The van der Waals surface area contributed by atoms with Crippen molar-refractivity contribution in [2.45, 2.75) is 35.8 Å². The number of ether oxygens (including phenoxy) is 1. The fourth-order valence-electron chi connectivity index (χ4n) is 5.22. The van der Waals surface area contributed by atoms with Crippen molar-refractivity contribution in [2.24, 2.45) is 0 Å². The largest absolute Gasteiger partial charge is 0.370 e. The number of hydrogen-bond donors (Lipinski definition) is 2. The van der Waals surface area contributed by atoms with Gasteiger partial charge in [0.05, 0.1) is 28.0 Å². The van der Waals surface area contributed by atoms with Crippen LogP contribution in [0.1, 0.15) is 17.5 Å². The van der Waals surface area contributed by atoms with E-state index in [0.29, 0.717) is 23.1 Å². The second-order valence-corrected chi connectivity index (χ2v) is 11.3. The maximum Gasteiger partial charge on any atom is 0.259 e. The van der Waals surface area contributed by atoms with E-state index in [-0.39, 0.29) is 21.2 Å². The van der Waals surface area contributed by atoms with Gasteiger partial charge in [0.1, 0.15) is 0 Å². The van der Waals surface area contributed by atoms with Crippen LogP contribution in [0.5, 0.6) is 0 Å². The molecule has 4 heterocycles. The number of benzene rings is 2. The van der Waals surface area contributed by atoms with Crippen molar-refractivity contribution < 1.29 is 13.2 Å². The Hall–Kier alpha value is -3.28. The first-order valence-corrected chi connectivity index (χ1v) is 13.1. The average Bonchev–Trinajstić information content (AvgIpc) is 3.44. The molecule has 1 spiro atoms. The number of morpholine rings is 1. The minimum atomic E-state index is -4.00. The molecule has 1 unspecified atom stereocenters. The summed E-state index contributed by atoms with van der Waals surface area (Å²) in [5, 5.41) is 11.7. The lowest BCUT2D eigenvalue weighted by atomic mass is 10.0. The minimum absolute atomic E-state index is 0.0531. The molecular weight excluding hydrogens is 468 g/mol. The van der Waals surface area contributed by atoms with Crippen LogP contribution in [0.3, 0.4) is 0 Å². The summed E-state index contributed by atoms with van der Waals surface area (Å²) in [6.45, 7) is 7.56. The van der Waals surface area contributed by atoms with Crippen LogP contribution in [-0.4, -0.2) is 66.6 Å². The Labute approximate surface area is 201 Å². The zero-order valence-corrected chi connectivity index (χ0v) is 20.4. The second-order valence-electron chi connectivity index (χ2n) is 9.46. The lowest BCUT2D eigenvalue weighted by molar-refractivity contribution is -0.0496. The zero-order valence-electron chi connectivity index (χ0n) is 19.5. The molecule has 2 aliphatic heterocycles. The van der Waals surface area contributed by atoms with Gasteiger partial charge in [0.15, 0.2) is 5.65 Å². The fourth-order valence-corrected chi connectivity index (χ4v) is 6.70. The monoisotopic (exact) mass is 494 g/mol. The first-order chi connectivity index (χ1) is 16.8. The van der Waals surface area contributed by atoms with Crippen LogP contribution in [0.4, 0.5) is 5.69 Å². The third-order valence-corrected chi connectivity index (χ3v) is 8.84. The van der Waals surface area contributed by atoms with Crippen LogP contribution in [-0.2, 0) is 14.6 Å². The van der Waals surface area contributed by atoms with Crippen molar-refractivity contribution in [2.75, 3.05) is 37.7 Å². The molecule has 182 valence electrons. The molecule has 0 saturated carbocycles. The number of nitrogens with one attached hydrogen (secondary N) is 2. The number of fused-ring (bicyclic) bond motifs is 3. The van der Waals surface area contributed by atoms with Crippen LogP contribution in [0.2, 0.25) is 0 Å². The second kappa shape index (κ2) is 7.87. The maximum absolute atomic E-state index is 13.5. The highest BCUT2D eigenvalue weighted by Gasteiger charge is 2.40. The SMILES string of the molecule is Cc1ccc(S(=O)(=O)c2nnn3c2[nH]c(=O)c2ccc(N4CCC5(CNCCO5)C4)cc23)c(C)c1. The highest BCUT2D eigenvalue weighted by Crippen LogP contribution is 2.32. The minimum Gasteiger partial charge on any atom is -0.370 e. The Morgan fingerprint density at radius 2 is 2.00 bits per heavy atom. The Balaban J connectivity index is 1.46. The summed E-state index contributed by atoms with van der Waals surface area (Å²) in [4.78, 5) is 18.0. The molecule has 2 aromatic carbocycles. The van der Waals surface area contributed by atoms with Gasteiger partial charge in [-0.1, -0.05) is 22.9 Å². The van der Waals surface area contributed by atoms with Gasteiger partial charge < -0.3 is 19.9 Å². The first-order valence-electron chi connectivity index (χ1n) is 11.6. The maximum atomic E-state index is 13.5. The number of sulfone groups is 1. The van der Waals surface area contributed by atoms with Gasteiger partial charge in [-0.15, -0.1) is 5.10 Å². The van der Waals surface area contributed by atoms with Crippen molar-refractivity contribution in [1.29, 1.82) is 0 Å². The predicted octanol–water partition coefficient (Wildman–Crippen LogP) is 1.59. The Morgan fingerprint density at radius 3 is 2.77 bits per heavy atom. The van der Waals surface area contributed by atoms with E-state index in [4.69, 9.17) is 4.74 Å². The third-order valence-electron chi connectivity index (χ3n) is 7.02. The molecular formula is C24H26N6O4S. The molecule has 1 atom stereocenters. The Bertz CT molecular complexity index is 1640. The van der Waals surface area contributed by atoms with Gasteiger partial charge in [0.2, 0.25) is 14.9 Å². The molecule has 2 fully saturated rings. The van der Waals surface area contributed by atoms with Gasteiger partial charge in [-0.25, -0.2) is 8.42 Å². The standard InChI is InChI=1S/C24H26N6O4S/c1-15-3-6-20(16(2)11-15)35(32,33)23-21-26-22(31)18-5-4-17(12-19(18)30(21)28-27-23)29-9-7-24(14-29)13-25-8-10-34-24/h3-6,11-12,25H,7-10,13-14H2,1-2H3,(H,26,31). The number of aromatic amines is 1. The van der Waals surface area contributed by atoms with Crippen LogP contribution >= 0.6 is 0 Å². The summed E-state index contributed by atoms with van der Waals surface area (Å²) in [6.07, 6.45) is 0.907. The quantitative estimate of drug-likeness (QED) is 0.440. The van der Waals surface area contributed by atoms with Crippen molar-refractivity contribution in [1.82, 2.24) is 25.1 Å². The number of anilines is 1. The number of H-pyrrole nitrogens is 1. The highest BCUT2D eigenvalue weighted by molar-refractivity contribution is 7.91. The number of aryl methyl sites for hydroxylation is 2. The fraction of sp³-hybridized carbons (Fsp3) is 0.375. The van der Waals surface area contributed by atoms with E-state index in [1.165, 1.54) is 4.52 Å². The van der Waals surface area contributed by atoms with E-state index < -0.39 is 15.4 Å². The summed E-state index contributed by atoms with van der Waals surface area (Å²) >= 11 is 0. The number of hydrogen-bond acceptors (Lipinski definition) is 8. The molecule has 11 heteroatoms. The predicted molar refractivity (Wildman–Crippen MR) is 131 cm³/mol. The first kappa shape index (κ1) is 22.2. The molecule has 10 nitrogen and oxygen atoms in total. The van der Waals surface area contributed by atoms with Gasteiger partial charge in [0.25, 0.3) is 5.56 Å². The molecule has 4 aromatic rings. The van der Waals surface area contributed by atoms with Gasteiger partial charge in [-0.05, 0) is 50.1 Å².